The van der Waals surface area contributed by atoms with Crippen molar-refractivity contribution in [3.05, 3.63) is 158 Å². The van der Waals surface area contributed by atoms with Crippen LogP contribution in [-0.2, 0) is 0 Å². The second kappa shape index (κ2) is 11.4. The van der Waals surface area contributed by atoms with Crippen molar-refractivity contribution in [2.45, 2.75) is 0 Å². The summed E-state index contributed by atoms with van der Waals surface area (Å²) in [4.78, 5) is 19.9. The van der Waals surface area contributed by atoms with Gasteiger partial charge >= 0.3 is 0 Å². The zero-order valence-corrected chi connectivity index (χ0v) is 26.0. The molecular formula is C42H26N4S. The minimum absolute atomic E-state index is 0.652. The van der Waals surface area contributed by atoms with Gasteiger partial charge in [-0.15, -0.1) is 11.3 Å². The second-order valence-corrected chi connectivity index (χ2v) is 12.5. The van der Waals surface area contributed by atoms with Gasteiger partial charge in [-0.05, 0) is 39.4 Å². The quantitative estimate of drug-likeness (QED) is 0.193. The van der Waals surface area contributed by atoms with E-state index in [0.29, 0.717) is 17.5 Å². The standard InChI is InChI=1S/C42H26N4S/c1-4-12-28(13-5-1)39-44-40(29-14-6-2-7-15-29)46-41(45-39)35-21-11-19-33-32(18-10-20-34(33)35)31-23-22-27-24-25-37-38(36(27)26-31)47-42(43-37)30-16-8-3-9-17-30/h1-26H. The Hall–Kier alpha value is -6.04. The summed E-state index contributed by atoms with van der Waals surface area (Å²) in [7, 11) is 0. The van der Waals surface area contributed by atoms with Crippen molar-refractivity contribution in [3.8, 4) is 55.9 Å². The normalized spacial score (nSPS) is 11.4. The molecule has 0 fully saturated rings. The topological polar surface area (TPSA) is 51.6 Å². The molecule has 0 aliphatic rings. The van der Waals surface area contributed by atoms with Crippen LogP contribution in [-0.4, -0.2) is 19.9 Å². The van der Waals surface area contributed by atoms with E-state index in [9.17, 15) is 0 Å². The Bertz CT molecular complexity index is 2500. The van der Waals surface area contributed by atoms with Crippen molar-refractivity contribution < 1.29 is 0 Å². The SMILES string of the molecule is c1ccc(-c2nc(-c3ccccc3)nc(-c3cccc4c(-c5ccc6ccc7nc(-c8ccccc8)sc7c6c5)cccc34)n2)cc1. The van der Waals surface area contributed by atoms with Crippen LogP contribution in [0, 0.1) is 0 Å². The van der Waals surface area contributed by atoms with Gasteiger partial charge in [-0.2, -0.15) is 0 Å². The zero-order valence-electron chi connectivity index (χ0n) is 25.2. The van der Waals surface area contributed by atoms with Crippen LogP contribution in [0.15, 0.2) is 158 Å². The molecule has 220 valence electrons. The number of nitrogens with zero attached hydrogens (tertiary/aromatic N) is 4. The molecule has 5 heteroatoms. The van der Waals surface area contributed by atoms with Gasteiger partial charge < -0.3 is 0 Å². The Morgan fingerprint density at radius 2 is 0.915 bits per heavy atom. The lowest BCUT2D eigenvalue weighted by molar-refractivity contribution is 1.08. The van der Waals surface area contributed by atoms with Crippen LogP contribution in [0.1, 0.15) is 0 Å². The number of hydrogen-bond acceptors (Lipinski definition) is 5. The van der Waals surface area contributed by atoms with Gasteiger partial charge in [0.15, 0.2) is 17.5 Å². The monoisotopic (exact) mass is 618 g/mol. The summed E-state index contributed by atoms with van der Waals surface area (Å²) >= 11 is 1.75. The minimum atomic E-state index is 0.652. The highest BCUT2D eigenvalue weighted by Crippen LogP contribution is 2.39. The molecule has 2 aromatic heterocycles. The van der Waals surface area contributed by atoms with E-state index in [2.05, 4.69) is 91.0 Å². The lowest BCUT2D eigenvalue weighted by atomic mass is 9.94. The van der Waals surface area contributed by atoms with Gasteiger partial charge in [0, 0.05) is 27.6 Å². The average Bonchev–Trinajstić information content (AvgIpc) is 3.60. The summed E-state index contributed by atoms with van der Waals surface area (Å²) in [6.45, 7) is 0. The van der Waals surface area contributed by atoms with Crippen molar-refractivity contribution in [1.82, 2.24) is 19.9 Å². The fourth-order valence-corrected chi connectivity index (χ4v) is 7.36. The molecule has 0 unspecified atom stereocenters. The van der Waals surface area contributed by atoms with E-state index in [1.807, 2.05) is 66.7 Å². The zero-order chi connectivity index (χ0) is 31.2. The summed E-state index contributed by atoms with van der Waals surface area (Å²) in [6.07, 6.45) is 0. The number of benzene rings is 7. The fourth-order valence-electron chi connectivity index (χ4n) is 6.26. The third-order valence-electron chi connectivity index (χ3n) is 8.57. The highest BCUT2D eigenvalue weighted by atomic mass is 32.1. The van der Waals surface area contributed by atoms with Gasteiger partial charge in [0.25, 0.3) is 0 Å². The van der Waals surface area contributed by atoms with E-state index >= 15 is 0 Å². The molecule has 7 aromatic carbocycles. The molecule has 0 saturated heterocycles. The maximum atomic E-state index is 5.03. The van der Waals surface area contributed by atoms with E-state index in [4.69, 9.17) is 19.9 Å². The van der Waals surface area contributed by atoms with Gasteiger partial charge in [0.05, 0.1) is 10.2 Å². The van der Waals surface area contributed by atoms with Crippen molar-refractivity contribution >= 4 is 43.1 Å². The van der Waals surface area contributed by atoms with Crippen molar-refractivity contribution in [2.24, 2.45) is 0 Å². The Morgan fingerprint density at radius 3 is 1.57 bits per heavy atom. The van der Waals surface area contributed by atoms with E-state index in [1.54, 1.807) is 11.3 Å². The van der Waals surface area contributed by atoms with Crippen LogP contribution in [0.25, 0.3) is 87.6 Å². The molecule has 47 heavy (non-hydrogen) atoms. The molecular weight excluding hydrogens is 593 g/mol. The van der Waals surface area contributed by atoms with Crippen molar-refractivity contribution in [2.75, 3.05) is 0 Å². The van der Waals surface area contributed by atoms with E-state index < -0.39 is 0 Å². The average molecular weight is 619 g/mol. The van der Waals surface area contributed by atoms with Gasteiger partial charge in [0.1, 0.15) is 5.01 Å². The summed E-state index contributed by atoms with van der Waals surface area (Å²) in [6, 6.07) is 54.6. The number of thiazole rings is 1. The van der Waals surface area contributed by atoms with Crippen LogP contribution in [0.4, 0.5) is 0 Å². The minimum Gasteiger partial charge on any atom is -0.236 e. The van der Waals surface area contributed by atoms with Crippen LogP contribution in [0.5, 0.6) is 0 Å². The molecule has 0 saturated carbocycles. The summed E-state index contributed by atoms with van der Waals surface area (Å²) in [5.41, 5.74) is 7.37. The second-order valence-electron chi connectivity index (χ2n) is 11.5. The van der Waals surface area contributed by atoms with Crippen LogP contribution < -0.4 is 0 Å². The lowest BCUT2D eigenvalue weighted by Crippen LogP contribution is -2.00. The summed E-state index contributed by atoms with van der Waals surface area (Å²) in [5.74, 6) is 1.96. The number of rotatable bonds is 5. The molecule has 0 radical (unpaired) electrons. The molecule has 0 amide bonds. The first kappa shape index (κ1) is 27.3. The third-order valence-corrected chi connectivity index (χ3v) is 9.72. The van der Waals surface area contributed by atoms with Crippen LogP contribution >= 0.6 is 11.3 Å². The molecule has 4 nitrogen and oxygen atoms in total. The highest BCUT2D eigenvalue weighted by Gasteiger charge is 2.16. The molecule has 0 N–H and O–H groups in total. The maximum absolute atomic E-state index is 5.03. The molecule has 0 atom stereocenters. The molecule has 0 aliphatic carbocycles. The van der Waals surface area contributed by atoms with Gasteiger partial charge in [0.2, 0.25) is 0 Å². The number of fused-ring (bicyclic) bond motifs is 4. The van der Waals surface area contributed by atoms with E-state index in [-0.39, 0.29) is 0 Å². The van der Waals surface area contributed by atoms with Gasteiger partial charge in [-0.25, -0.2) is 19.9 Å². The van der Waals surface area contributed by atoms with Crippen molar-refractivity contribution in [1.29, 1.82) is 0 Å². The fraction of sp³-hybridized carbons (Fsp3) is 0. The smallest absolute Gasteiger partial charge is 0.164 e. The first-order valence-electron chi connectivity index (χ1n) is 15.6. The predicted octanol–water partition coefficient (Wildman–Crippen LogP) is 11.1. The Balaban J connectivity index is 1.21. The first-order chi connectivity index (χ1) is 23.3. The Labute approximate surface area is 275 Å². The summed E-state index contributed by atoms with van der Waals surface area (Å²) < 4.78 is 1.20. The van der Waals surface area contributed by atoms with Gasteiger partial charge in [-0.3, -0.25) is 0 Å². The van der Waals surface area contributed by atoms with E-state index in [1.165, 1.54) is 15.5 Å². The van der Waals surface area contributed by atoms with Gasteiger partial charge in [-0.1, -0.05) is 146 Å². The largest absolute Gasteiger partial charge is 0.236 e. The molecule has 0 aliphatic heterocycles. The first-order valence-corrected chi connectivity index (χ1v) is 16.4. The molecule has 0 spiro atoms. The van der Waals surface area contributed by atoms with Crippen LogP contribution in [0.3, 0.4) is 0 Å². The predicted molar refractivity (Wildman–Crippen MR) is 195 cm³/mol. The maximum Gasteiger partial charge on any atom is 0.164 e. The Kier molecular flexibility index (Phi) is 6.61. The number of aromatic nitrogens is 4. The number of hydrogen-bond donors (Lipinski definition) is 0. The third kappa shape index (κ3) is 4.94. The highest BCUT2D eigenvalue weighted by molar-refractivity contribution is 7.22. The lowest BCUT2D eigenvalue weighted by Gasteiger charge is -2.13. The Morgan fingerprint density at radius 1 is 0.362 bits per heavy atom. The van der Waals surface area contributed by atoms with Crippen LogP contribution in [0.2, 0.25) is 0 Å². The molecule has 9 rings (SSSR count). The molecule has 9 aromatic rings. The van der Waals surface area contributed by atoms with Crippen molar-refractivity contribution in [3.63, 3.8) is 0 Å². The molecule has 0 bridgehead atoms. The summed E-state index contributed by atoms with van der Waals surface area (Å²) in [5, 5.41) is 5.70. The molecule has 2 heterocycles. The van der Waals surface area contributed by atoms with E-state index in [0.717, 1.165) is 54.7 Å².